The van der Waals surface area contributed by atoms with Crippen molar-refractivity contribution >= 4 is 6.21 Å². The summed E-state index contributed by atoms with van der Waals surface area (Å²) in [6.45, 7) is 3.66. The van der Waals surface area contributed by atoms with Crippen LogP contribution >= 0.6 is 0 Å². The van der Waals surface area contributed by atoms with E-state index in [1.165, 1.54) is 5.57 Å². The number of alkyl halides is 1. The molecule has 2 aliphatic rings. The van der Waals surface area contributed by atoms with Gasteiger partial charge in [-0.1, -0.05) is 12.2 Å². The average Bonchev–Trinajstić information content (AvgIpc) is 3.03. The number of hydrazine groups is 1. The summed E-state index contributed by atoms with van der Waals surface area (Å²) in [7, 11) is 0. The highest BCUT2D eigenvalue weighted by Gasteiger charge is 2.13. The second-order valence-electron chi connectivity index (χ2n) is 4.74. The number of hydrogen-bond donors (Lipinski definition) is 3. The van der Waals surface area contributed by atoms with Crippen LogP contribution in [-0.2, 0) is 4.74 Å². The molecule has 0 aliphatic carbocycles. The van der Waals surface area contributed by atoms with Crippen LogP contribution in [-0.4, -0.2) is 31.9 Å². The maximum absolute atomic E-state index is 12.0. The first-order valence-electron chi connectivity index (χ1n) is 6.94. The van der Waals surface area contributed by atoms with E-state index in [4.69, 9.17) is 4.74 Å². The normalized spacial score (nSPS) is 24.6. The molecule has 114 valence electrons. The molecule has 0 fully saturated rings. The summed E-state index contributed by atoms with van der Waals surface area (Å²) < 4.78 is 16.8. The molecule has 2 unspecified atom stereocenters. The van der Waals surface area contributed by atoms with E-state index in [2.05, 4.69) is 33.8 Å². The number of dihydropyridines is 1. The molecule has 2 rings (SSSR count). The third kappa shape index (κ3) is 4.84. The van der Waals surface area contributed by atoms with Gasteiger partial charge in [0.25, 0.3) is 0 Å². The van der Waals surface area contributed by atoms with Crippen LogP contribution in [0.25, 0.3) is 0 Å². The minimum atomic E-state index is -0.799. The van der Waals surface area contributed by atoms with Gasteiger partial charge >= 0.3 is 0 Å². The molecule has 2 heterocycles. The van der Waals surface area contributed by atoms with E-state index in [0.717, 1.165) is 12.0 Å². The van der Waals surface area contributed by atoms with Gasteiger partial charge in [-0.15, -0.1) is 6.58 Å². The summed E-state index contributed by atoms with van der Waals surface area (Å²) in [5.41, 5.74) is 8.36. The summed E-state index contributed by atoms with van der Waals surface area (Å²) in [5.74, 6) is 0. The quantitative estimate of drug-likeness (QED) is 0.596. The Bertz CT molecular complexity index is 470. The first kappa shape index (κ1) is 15.5. The summed E-state index contributed by atoms with van der Waals surface area (Å²) in [4.78, 5) is 4.15. The van der Waals surface area contributed by atoms with Crippen LogP contribution in [0.4, 0.5) is 4.39 Å². The molecule has 6 heteroatoms. The molecule has 2 aliphatic heterocycles. The molecule has 21 heavy (non-hydrogen) atoms. The number of allylic oxidation sites excluding steroid dienone is 1. The third-order valence-corrected chi connectivity index (χ3v) is 3.23. The van der Waals surface area contributed by atoms with Gasteiger partial charge in [0.05, 0.1) is 6.04 Å². The molecule has 0 saturated heterocycles. The molecule has 0 saturated carbocycles. The van der Waals surface area contributed by atoms with Gasteiger partial charge in [0.2, 0.25) is 0 Å². The summed E-state index contributed by atoms with van der Waals surface area (Å²) in [5, 5.41) is 3.28. The zero-order valence-electron chi connectivity index (χ0n) is 11.9. The van der Waals surface area contributed by atoms with E-state index in [1.807, 2.05) is 24.6 Å². The Kier molecular flexibility index (Phi) is 6.18. The van der Waals surface area contributed by atoms with Crippen molar-refractivity contribution < 1.29 is 9.13 Å². The summed E-state index contributed by atoms with van der Waals surface area (Å²) >= 11 is 0. The van der Waals surface area contributed by atoms with E-state index in [0.29, 0.717) is 13.0 Å². The predicted octanol–water partition coefficient (Wildman–Crippen LogP) is 1.70. The molecule has 3 N–H and O–H groups in total. The maximum atomic E-state index is 12.0. The first-order chi connectivity index (χ1) is 10.3. The molecule has 0 aromatic rings. The lowest BCUT2D eigenvalue weighted by Crippen LogP contribution is -2.32. The monoisotopic (exact) mass is 292 g/mol. The fraction of sp³-hybridized carbons (Fsp3) is 0.400. The van der Waals surface area contributed by atoms with Crippen molar-refractivity contribution in [1.29, 1.82) is 0 Å². The van der Waals surface area contributed by atoms with Crippen molar-refractivity contribution in [2.75, 3.05) is 13.4 Å². The molecule has 2 atom stereocenters. The number of nitrogens with one attached hydrogen (secondary N) is 3. The molecule has 0 bridgehead atoms. The SMILES string of the molecule is C=CC/C(=C/NCC1=CCC(OCF)N=C1)C1C=CNN1. The lowest BCUT2D eigenvalue weighted by Gasteiger charge is -2.16. The molecule has 5 nitrogen and oxygen atoms in total. The van der Waals surface area contributed by atoms with E-state index in [9.17, 15) is 4.39 Å². The second kappa shape index (κ2) is 8.39. The number of rotatable bonds is 8. The standard InChI is InChI=1S/C15H21FN4O/c1-2-3-13(14-6-7-19-20-14)10-17-8-12-4-5-15(18-9-12)21-11-16/h2,4,6-7,9-10,14-15,17,19-20H,1,3,5,8,11H2/b13-10-. The van der Waals surface area contributed by atoms with Crippen LogP contribution in [0.2, 0.25) is 0 Å². The molecule has 0 aromatic heterocycles. The lowest BCUT2D eigenvalue weighted by atomic mass is 10.1. The number of ether oxygens (including phenoxy) is 1. The maximum Gasteiger partial charge on any atom is 0.190 e. The van der Waals surface area contributed by atoms with Crippen LogP contribution in [0.15, 0.2) is 53.3 Å². The number of halogens is 1. The van der Waals surface area contributed by atoms with Crippen molar-refractivity contribution in [1.82, 2.24) is 16.2 Å². The molecule has 0 amide bonds. The van der Waals surface area contributed by atoms with Gasteiger partial charge in [0.15, 0.2) is 13.1 Å². The Hall–Kier alpha value is -1.92. The van der Waals surface area contributed by atoms with Gasteiger partial charge in [-0.25, -0.2) is 9.82 Å². The number of aliphatic imine (C=N–C) groups is 1. The first-order valence-corrected chi connectivity index (χ1v) is 6.94. The minimum Gasteiger partial charge on any atom is -0.387 e. The highest BCUT2D eigenvalue weighted by atomic mass is 19.1. The highest BCUT2D eigenvalue weighted by molar-refractivity contribution is 5.80. The average molecular weight is 292 g/mol. The van der Waals surface area contributed by atoms with Crippen molar-refractivity contribution in [3.05, 3.63) is 48.4 Å². The minimum absolute atomic E-state index is 0.173. The smallest absolute Gasteiger partial charge is 0.190 e. The van der Waals surface area contributed by atoms with E-state index in [-0.39, 0.29) is 12.3 Å². The van der Waals surface area contributed by atoms with Gasteiger partial charge in [-0.3, -0.25) is 4.99 Å². The zero-order chi connectivity index (χ0) is 14.9. The van der Waals surface area contributed by atoms with Crippen molar-refractivity contribution in [3.8, 4) is 0 Å². The van der Waals surface area contributed by atoms with Crippen LogP contribution in [0.1, 0.15) is 12.8 Å². The Morgan fingerprint density at radius 3 is 3.14 bits per heavy atom. The third-order valence-electron chi connectivity index (χ3n) is 3.23. The van der Waals surface area contributed by atoms with Crippen molar-refractivity contribution in [3.63, 3.8) is 0 Å². The fourth-order valence-corrected chi connectivity index (χ4v) is 2.14. The van der Waals surface area contributed by atoms with Gasteiger partial charge in [-0.05, 0) is 29.8 Å². The van der Waals surface area contributed by atoms with Crippen molar-refractivity contribution in [2.45, 2.75) is 25.1 Å². The van der Waals surface area contributed by atoms with Gasteiger partial charge in [0.1, 0.15) is 0 Å². The number of hydrogen-bond acceptors (Lipinski definition) is 5. The number of nitrogens with zero attached hydrogens (tertiary/aromatic N) is 1. The van der Waals surface area contributed by atoms with E-state index >= 15 is 0 Å². The Balaban J connectivity index is 1.81. The topological polar surface area (TPSA) is 57.7 Å². The Morgan fingerprint density at radius 2 is 2.52 bits per heavy atom. The molecular weight excluding hydrogens is 271 g/mol. The zero-order valence-corrected chi connectivity index (χ0v) is 11.9. The highest BCUT2D eigenvalue weighted by Crippen LogP contribution is 2.12. The predicted molar refractivity (Wildman–Crippen MR) is 82.1 cm³/mol. The Morgan fingerprint density at radius 1 is 1.62 bits per heavy atom. The molecule has 0 aromatic carbocycles. The molecule has 0 radical (unpaired) electrons. The van der Waals surface area contributed by atoms with Gasteiger partial charge in [-0.2, -0.15) is 0 Å². The van der Waals surface area contributed by atoms with Crippen molar-refractivity contribution in [2.24, 2.45) is 4.99 Å². The van der Waals surface area contributed by atoms with Crippen LogP contribution in [0, 0.1) is 0 Å². The second-order valence-corrected chi connectivity index (χ2v) is 4.74. The van der Waals surface area contributed by atoms with Crippen LogP contribution in [0.5, 0.6) is 0 Å². The van der Waals surface area contributed by atoms with Gasteiger partial charge < -0.3 is 15.5 Å². The largest absolute Gasteiger partial charge is 0.387 e. The lowest BCUT2D eigenvalue weighted by molar-refractivity contribution is 0.00191. The molecule has 0 spiro atoms. The fourth-order valence-electron chi connectivity index (χ4n) is 2.14. The van der Waals surface area contributed by atoms with E-state index in [1.54, 1.807) is 6.21 Å². The molecular formula is C15H21FN4O. The van der Waals surface area contributed by atoms with Gasteiger partial charge in [0, 0.05) is 25.4 Å². The van der Waals surface area contributed by atoms with Crippen LogP contribution in [0.3, 0.4) is 0 Å². The van der Waals surface area contributed by atoms with Crippen LogP contribution < -0.4 is 16.2 Å². The summed E-state index contributed by atoms with van der Waals surface area (Å²) in [6, 6.07) is 0.173. The van der Waals surface area contributed by atoms with E-state index < -0.39 is 6.86 Å². The Labute approximate surface area is 124 Å². The summed E-state index contributed by atoms with van der Waals surface area (Å²) in [6.07, 6.45) is 12.6.